The molecule has 0 atom stereocenters. The van der Waals surface area contributed by atoms with Gasteiger partial charge in [-0.15, -0.1) is 0 Å². The predicted molar refractivity (Wildman–Crippen MR) is 83.3 cm³/mol. The number of hydrogen-bond donors (Lipinski definition) is 1. The van der Waals surface area contributed by atoms with Gasteiger partial charge in [-0.1, -0.05) is 12.1 Å². The number of rotatable bonds is 5. The number of nitrogens with two attached hydrogens (primary N) is 1. The molecular formula is C16H23N3O3. The summed E-state index contributed by atoms with van der Waals surface area (Å²) in [7, 11) is 0. The Morgan fingerprint density at radius 1 is 1.23 bits per heavy atom. The molecule has 2 rings (SSSR count). The molecule has 0 radical (unpaired) electrons. The van der Waals surface area contributed by atoms with E-state index in [9.17, 15) is 9.59 Å². The lowest BCUT2D eigenvalue weighted by molar-refractivity contribution is -0.141. The maximum atomic E-state index is 12.5. The van der Waals surface area contributed by atoms with Gasteiger partial charge < -0.3 is 15.4 Å². The Morgan fingerprint density at radius 3 is 2.59 bits per heavy atom. The summed E-state index contributed by atoms with van der Waals surface area (Å²) < 4.78 is 4.94. The number of piperazine rings is 1. The van der Waals surface area contributed by atoms with Crippen LogP contribution >= 0.6 is 0 Å². The van der Waals surface area contributed by atoms with E-state index in [0.717, 1.165) is 18.7 Å². The van der Waals surface area contributed by atoms with Gasteiger partial charge in [0.2, 0.25) is 0 Å². The van der Waals surface area contributed by atoms with Crippen molar-refractivity contribution in [2.45, 2.75) is 13.5 Å². The molecule has 1 aromatic rings. The molecule has 2 N–H and O–H groups in total. The molecule has 120 valence electrons. The molecule has 1 heterocycles. The molecule has 0 unspecified atom stereocenters. The Bertz CT molecular complexity index is 525. The van der Waals surface area contributed by atoms with Crippen molar-refractivity contribution in [3.05, 3.63) is 35.4 Å². The third kappa shape index (κ3) is 4.54. The molecule has 6 nitrogen and oxygen atoms in total. The lowest BCUT2D eigenvalue weighted by atomic mass is 10.1. The molecular weight excluding hydrogens is 282 g/mol. The van der Waals surface area contributed by atoms with Gasteiger partial charge in [-0.25, -0.2) is 0 Å². The van der Waals surface area contributed by atoms with E-state index in [4.69, 9.17) is 10.5 Å². The summed E-state index contributed by atoms with van der Waals surface area (Å²) in [6, 6.07) is 7.47. The topological polar surface area (TPSA) is 75.9 Å². The molecule has 0 aromatic heterocycles. The fourth-order valence-corrected chi connectivity index (χ4v) is 2.51. The lowest BCUT2D eigenvalue weighted by Crippen LogP contribution is -2.49. The van der Waals surface area contributed by atoms with Crippen LogP contribution in [0.1, 0.15) is 22.8 Å². The number of ether oxygens (including phenoxy) is 1. The summed E-state index contributed by atoms with van der Waals surface area (Å²) in [5.41, 5.74) is 7.27. The number of carbonyl (C=O) groups is 2. The summed E-state index contributed by atoms with van der Waals surface area (Å²) in [4.78, 5) is 27.3. The Hall–Kier alpha value is -1.92. The normalized spacial score (nSPS) is 15.6. The zero-order valence-electron chi connectivity index (χ0n) is 13.0. The van der Waals surface area contributed by atoms with Gasteiger partial charge in [0.25, 0.3) is 5.91 Å². The van der Waals surface area contributed by atoms with Gasteiger partial charge in [-0.2, -0.15) is 0 Å². The van der Waals surface area contributed by atoms with Crippen molar-refractivity contribution < 1.29 is 14.3 Å². The first kappa shape index (κ1) is 16.5. The highest BCUT2D eigenvalue weighted by Crippen LogP contribution is 2.11. The smallest absolute Gasteiger partial charge is 0.302 e. The van der Waals surface area contributed by atoms with Gasteiger partial charge in [0.15, 0.2) is 0 Å². The van der Waals surface area contributed by atoms with E-state index in [0.29, 0.717) is 38.3 Å². The molecule has 6 heteroatoms. The fraction of sp³-hybridized carbons (Fsp3) is 0.500. The molecule has 0 aliphatic carbocycles. The van der Waals surface area contributed by atoms with Crippen LogP contribution < -0.4 is 5.73 Å². The number of carbonyl (C=O) groups excluding carboxylic acids is 2. The summed E-state index contributed by atoms with van der Waals surface area (Å²) in [5, 5.41) is 0. The van der Waals surface area contributed by atoms with Crippen molar-refractivity contribution in [2.24, 2.45) is 5.73 Å². The number of amides is 1. The van der Waals surface area contributed by atoms with Crippen molar-refractivity contribution in [3.8, 4) is 0 Å². The van der Waals surface area contributed by atoms with Crippen LogP contribution in [0, 0.1) is 0 Å². The van der Waals surface area contributed by atoms with Crippen LogP contribution in [0.4, 0.5) is 0 Å². The van der Waals surface area contributed by atoms with Crippen LogP contribution in [-0.4, -0.2) is 61.0 Å². The van der Waals surface area contributed by atoms with E-state index >= 15 is 0 Å². The number of benzene rings is 1. The first-order valence-corrected chi connectivity index (χ1v) is 7.54. The fourth-order valence-electron chi connectivity index (χ4n) is 2.51. The monoisotopic (exact) mass is 305 g/mol. The van der Waals surface area contributed by atoms with Crippen molar-refractivity contribution in [2.75, 3.05) is 39.3 Å². The minimum Gasteiger partial charge on any atom is -0.465 e. The summed E-state index contributed by atoms with van der Waals surface area (Å²) in [6.45, 7) is 5.92. The predicted octanol–water partition coefficient (Wildman–Crippen LogP) is 0.466. The van der Waals surface area contributed by atoms with Crippen LogP contribution in [0.2, 0.25) is 0 Å². The Labute approximate surface area is 130 Å². The van der Waals surface area contributed by atoms with E-state index in [-0.39, 0.29) is 11.9 Å². The Kier molecular flexibility index (Phi) is 5.91. The van der Waals surface area contributed by atoms with Crippen LogP contribution in [0.25, 0.3) is 0 Å². The average Bonchev–Trinajstić information content (AvgIpc) is 2.54. The second-order valence-corrected chi connectivity index (χ2v) is 5.38. The van der Waals surface area contributed by atoms with E-state index in [1.54, 1.807) is 0 Å². The van der Waals surface area contributed by atoms with E-state index in [2.05, 4.69) is 4.90 Å². The molecule has 0 bridgehead atoms. The van der Waals surface area contributed by atoms with Crippen LogP contribution in [0.3, 0.4) is 0 Å². The first-order valence-electron chi connectivity index (χ1n) is 7.54. The Morgan fingerprint density at radius 2 is 1.95 bits per heavy atom. The number of esters is 1. The highest BCUT2D eigenvalue weighted by Gasteiger charge is 2.22. The number of hydrogen-bond acceptors (Lipinski definition) is 5. The summed E-state index contributed by atoms with van der Waals surface area (Å²) in [6.07, 6.45) is 0. The maximum Gasteiger partial charge on any atom is 0.302 e. The van der Waals surface area contributed by atoms with Crippen molar-refractivity contribution in [1.29, 1.82) is 0 Å². The standard InChI is InChI=1S/C16H23N3O3/c1-13(20)22-10-9-18-5-7-19(8-6-18)16(21)15-4-2-3-14(11-15)12-17/h2-4,11H,5-10,12,17H2,1H3. The third-order valence-electron chi connectivity index (χ3n) is 3.78. The van der Waals surface area contributed by atoms with Crippen molar-refractivity contribution in [3.63, 3.8) is 0 Å². The van der Waals surface area contributed by atoms with Gasteiger partial charge in [-0.3, -0.25) is 14.5 Å². The molecule has 1 saturated heterocycles. The quantitative estimate of drug-likeness (QED) is 0.800. The minimum absolute atomic E-state index is 0.0509. The maximum absolute atomic E-state index is 12.5. The molecule has 0 saturated carbocycles. The number of nitrogens with zero attached hydrogens (tertiary/aromatic N) is 2. The van der Waals surface area contributed by atoms with Crippen molar-refractivity contribution in [1.82, 2.24) is 9.80 Å². The van der Waals surface area contributed by atoms with Gasteiger partial charge in [0.05, 0.1) is 0 Å². The van der Waals surface area contributed by atoms with Crippen LogP contribution in [0.5, 0.6) is 0 Å². The van der Waals surface area contributed by atoms with Gasteiger partial charge in [0.1, 0.15) is 6.61 Å². The van der Waals surface area contributed by atoms with E-state index < -0.39 is 0 Å². The average molecular weight is 305 g/mol. The summed E-state index contributed by atoms with van der Waals surface area (Å²) >= 11 is 0. The van der Waals surface area contributed by atoms with Crippen LogP contribution in [0.15, 0.2) is 24.3 Å². The SMILES string of the molecule is CC(=O)OCCN1CCN(C(=O)c2cccc(CN)c2)CC1. The lowest BCUT2D eigenvalue weighted by Gasteiger charge is -2.34. The largest absolute Gasteiger partial charge is 0.465 e. The highest BCUT2D eigenvalue weighted by atomic mass is 16.5. The van der Waals surface area contributed by atoms with E-state index in [1.807, 2.05) is 29.2 Å². The molecule has 1 amide bonds. The molecule has 22 heavy (non-hydrogen) atoms. The molecule has 1 aliphatic heterocycles. The highest BCUT2D eigenvalue weighted by molar-refractivity contribution is 5.94. The van der Waals surface area contributed by atoms with Crippen molar-refractivity contribution >= 4 is 11.9 Å². The van der Waals surface area contributed by atoms with Gasteiger partial charge in [0, 0.05) is 51.8 Å². The summed E-state index contributed by atoms with van der Waals surface area (Å²) in [5.74, 6) is -0.205. The third-order valence-corrected chi connectivity index (χ3v) is 3.78. The molecule has 1 aromatic carbocycles. The molecule has 1 aliphatic rings. The Balaban J connectivity index is 1.83. The van der Waals surface area contributed by atoms with Crippen LogP contribution in [-0.2, 0) is 16.1 Å². The van der Waals surface area contributed by atoms with Gasteiger partial charge in [-0.05, 0) is 17.7 Å². The second-order valence-electron chi connectivity index (χ2n) is 5.38. The zero-order chi connectivity index (χ0) is 15.9. The first-order chi connectivity index (χ1) is 10.6. The zero-order valence-corrected chi connectivity index (χ0v) is 13.0. The minimum atomic E-state index is -0.256. The molecule has 1 fully saturated rings. The second kappa shape index (κ2) is 7.91. The molecule has 0 spiro atoms. The van der Waals surface area contributed by atoms with Gasteiger partial charge >= 0.3 is 5.97 Å². The van der Waals surface area contributed by atoms with E-state index in [1.165, 1.54) is 6.92 Å².